The molecule has 5 heteroatoms. The van der Waals surface area contributed by atoms with E-state index in [0.717, 1.165) is 5.75 Å². The number of sulfone groups is 1. The van der Waals surface area contributed by atoms with E-state index in [-0.39, 0.29) is 11.8 Å². The average molecular weight is 197 g/mol. The maximum atomic E-state index is 10.6. The maximum absolute atomic E-state index is 10.6. The Bertz CT molecular complexity index is 187. The second-order valence-corrected chi connectivity index (χ2v) is 6.09. The number of hydrogen-bond donors (Lipinski definition) is 1. The number of rotatable bonds is 5. The molecule has 0 radical (unpaired) electrons. The van der Waals surface area contributed by atoms with Crippen molar-refractivity contribution in [3.05, 3.63) is 0 Å². The average Bonchev–Trinajstić information content (AvgIpc) is 1.78. The quantitative estimate of drug-likeness (QED) is 0.636. The van der Waals surface area contributed by atoms with Crippen LogP contribution in [0.5, 0.6) is 0 Å². The molecule has 2 N–H and O–H groups in total. The Morgan fingerprint density at radius 3 is 2.45 bits per heavy atom. The van der Waals surface area contributed by atoms with Gasteiger partial charge in [-0.2, -0.15) is 11.8 Å². The lowest BCUT2D eigenvalue weighted by Crippen LogP contribution is -2.18. The van der Waals surface area contributed by atoms with Crippen molar-refractivity contribution in [1.82, 2.24) is 0 Å². The molecule has 0 heterocycles. The van der Waals surface area contributed by atoms with E-state index in [0.29, 0.717) is 5.75 Å². The van der Waals surface area contributed by atoms with Crippen molar-refractivity contribution >= 4 is 21.6 Å². The second kappa shape index (κ2) is 5.00. The predicted octanol–water partition coefficient (Wildman–Crippen LogP) is 0.111. The highest BCUT2D eigenvalue weighted by Crippen LogP contribution is 2.02. The molecule has 68 valence electrons. The highest BCUT2D eigenvalue weighted by atomic mass is 32.2. The molecule has 0 amide bonds. The van der Waals surface area contributed by atoms with Crippen LogP contribution in [0.15, 0.2) is 0 Å². The SMILES string of the molecule is C[C@H](N)CSCCS(C)(=O)=O. The zero-order chi connectivity index (χ0) is 8.91. The van der Waals surface area contributed by atoms with E-state index in [4.69, 9.17) is 5.73 Å². The van der Waals surface area contributed by atoms with Gasteiger partial charge >= 0.3 is 0 Å². The van der Waals surface area contributed by atoms with Crippen molar-refractivity contribution in [3.63, 3.8) is 0 Å². The van der Waals surface area contributed by atoms with Crippen LogP contribution in [0.2, 0.25) is 0 Å². The fraction of sp³-hybridized carbons (Fsp3) is 1.00. The van der Waals surface area contributed by atoms with Gasteiger partial charge < -0.3 is 5.73 Å². The van der Waals surface area contributed by atoms with E-state index in [1.165, 1.54) is 6.26 Å². The Balaban J connectivity index is 3.30. The molecule has 11 heavy (non-hydrogen) atoms. The molecular formula is C6H15NO2S2. The Morgan fingerprint density at radius 1 is 1.55 bits per heavy atom. The van der Waals surface area contributed by atoms with Gasteiger partial charge in [-0.25, -0.2) is 8.42 Å². The van der Waals surface area contributed by atoms with Crippen LogP contribution >= 0.6 is 11.8 Å². The highest BCUT2D eigenvalue weighted by molar-refractivity contribution is 8.00. The Labute approximate surface area is 72.7 Å². The summed E-state index contributed by atoms with van der Waals surface area (Å²) in [5, 5.41) is 0. The molecule has 0 aliphatic heterocycles. The van der Waals surface area contributed by atoms with E-state index in [1.54, 1.807) is 11.8 Å². The molecule has 0 aliphatic carbocycles. The smallest absolute Gasteiger partial charge is 0.148 e. The first-order valence-electron chi connectivity index (χ1n) is 3.43. The van der Waals surface area contributed by atoms with E-state index in [1.807, 2.05) is 6.92 Å². The molecule has 0 aliphatic rings. The van der Waals surface area contributed by atoms with Gasteiger partial charge in [0.25, 0.3) is 0 Å². The third-order valence-electron chi connectivity index (χ3n) is 0.979. The van der Waals surface area contributed by atoms with Gasteiger partial charge in [0, 0.05) is 23.8 Å². The molecule has 0 saturated heterocycles. The van der Waals surface area contributed by atoms with Gasteiger partial charge in [-0.15, -0.1) is 0 Å². The molecule has 0 aromatic carbocycles. The second-order valence-electron chi connectivity index (χ2n) is 2.68. The fourth-order valence-electron chi connectivity index (χ4n) is 0.480. The van der Waals surface area contributed by atoms with Crippen LogP contribution in [0.1, 0.15) is 6.92 Å². The van der Waals surface area contributed by atoms with Gasteiger partial charge in [-0.3, -0.25) is 0 Å². The van der Waals surface area contributed by atoms with Crippen LogP contribution in [-0.4, -0.2) is 38.0 Å². The summed E-state index contributed by atoms with van der Waals surface area (Å²) in [4.78, 5) is 0. The summed E-state index contributed by atoms with van der Waals surface area (Å²) in [6.07, 6.45) is 1.25. The molecule has 0 aromatic heterocycles. The monoisotopic (exact) mass is 197 g/mol. The zero-order valence-electron chi connectivity index (χ0n) is 6.91. The fourth-order valence-corrected chi connectivity index (χ4v) is 2.70. The molecule has 0 bridgehead atoms. The lowest BCUT2D eigenvalue weighted by Gasteiger charge is -2.02. The predicted molar refractivity (Wildman–Crippen MR) is 50.7 cm³/mol. The molecule has 0 unspecified atom stereocenters. The molecule has 1 atom stereocenters. The Morgan fingerprint density at radius 2 is 2.09 bits per heavy atom. The summed E-state index contributed by atoms with van der Waals surface area (Å²) in [6.45, 7) is 1.91. The maximum Gasteiger partial charge on any atom is 0.148 e. The number of nitrogens with two attached hydrogens (primary N) is 1. The molecule has 0 rings (SSSR count). The summed E-state index contributed by atoms with van der Waals surface area (Å²) < 4.78 is 21.3. The third kappa shape index (κ3) is 10.3. The Kier molecular flexibility index (Phi) is 5.12. The summed E-state index contributed by atoms with van der Waals surface area (Å²) in [5.41, 5.74) is 5.47. The van der Waals surface area contributed by atoms with Gasteiger partial charge in [-0.1, -0.05) is 0 Å². The molecule has 0 saturated carbocycles. The van der Waals surface area contributed by atoms with Crippen molar-refractivity contribution in [2.45, 2.75) is 13.0 Å². The minimum absolute atomic E-state index is 0.152. The zero-order valence-corrected chi connectivity index (χ0v) is 8.54. The van der Waals surface area contributed by atoms with Gasteiger partial charge in [0.05, 0.1) is 5.75 Å². The standard InChI is InChI=1S/C6H15NO2S2/c1-6(7)5-10-3-4-11(2,8)9/h6H,3-5,7H2,1-2H3/t6-/m0/s1. The van der Waals surface area contributed by atoms with E-state index in [9.17, 15) is 8.42 Å². The summed E-state index contributed by atoms with van der Waals surface area (Å²) in [7, 11) is -2.78. The van der Waals surface area contributed by atoms with E-state index >= 15 is 0 Å². The molecular weight excluding hydrogens is 182 g/mol. The third-order valence-corrected chi connectivity index (χ3v) is 3.44. The highest BCUT2D eigenvalue weighted by Gasteiger charge is 2.01. The molecule has 0 spiro atoms. The summed E-state index contributed by atoms with van der Waals surface area (Å²) in [6, 6.07) is 0.152. The Hall–Kier alpha value is 0.260. The van der Waals surface area contributed by atoms with Crippen molar-refractivity contribution in [2.24, 2.45) is 5.73 Å². The lowest BCUT2D eigenvalue weighted by molar-refractivity contribution is 0.603. The van der Waals surface area contributed by atoms with Crippen molar-refractivity contribution in [2.75, 3.05) is 23.5 Å². The normalized spacial score (nSPS) is 14.8. The first-order chi connectivity index (χ1) is 4.92. The van der Waals surface area contributed by atoms with Gasteiger partial charge in [0.2, 0.25) is 0 Å². The van der Waals surface area contributed by atoms with Crippen molar-refractivity contribution in [1.29, 1.82) is 0 Å². The van der Waals surface area contributed by atoms with Gasteiger partial charge in [0.1, 0.15) is 9.84 Å². The number of hydrogen-bond acceptors (Lipinski definition) is 4. The van der Waals surface area contributed by atoms with Crippen LogP contribution in [0.25, 0.3) is 0 Å². The van der Waals surface area contributed by atoms with E-state index < -0.39 is 9.84 Å². The minimum atomic E-state index is -2.78. The first kappa shape index (κ1) is 11.3. The molecule has 3 nitrogen and oxygen atoms in total. The van der Waals surface area contributed by atoms with Crippen LogP contribution in [0.3, 0.4) is 0 Å². The topological polar surface area (TPSA) is 60.2 Å². The first-order valence-corrected chi connectivity index (χ1v) is 6.64. The van der Waals surface area contributed by atoms with Crippen LogP contribution in [-0.2, 0) is 9.84 Å². The lowest BCUT2D eigenvalue weighted by atomic mass is 10.4. The largest absolute Gasteiger partial charge is 0.327 e. The van der Waals surface area contributed by atoms with Crippen molar-refractivity contribution in [3.8, 4) is 0 Å². The van der Waals surface area contributed by atoms with E-state index in [2.05, 4.69) is 0 Å². The molecule has 0 fully saturated rings. The number of thioether (sulfide) groups is 1. The summed E-state index contributed by atoms with van der Waals surface area (Å²) >= 11 is 1.58. The van der Waals surface area contributed by atoms with Crippen LogP contribution in [0, 0.1) is 0 Å². The van der Waals surface area contributed by atoms with Crippen LogP contribution in [0.4, 0.5) is 0 Å². The minimum Gasteiger partial charge on any atom is -0.327 e. The molecule has 0 aromatic rings. The van der Waals surface area contributed by atoms with Gasteiger partial charge in [0.15, 0.2) is 0 Å². The summed E-state index contributed by atoms with van der Waals surface area (Å²) in [5.74, 6) is 1.74. The van der Waals surface area contributed by atoms with Gasteiger partial charge in [-0.05, 0) is 6.92 Å². The van der Waals surface area contributed by atoms with Crippen LogP contribution < -0.4 is 5.73 Å². The van der Waals surface area contributed by atoms with Crippen molar-refractivity contribution < 1.29 is 8.42 Å².